The van der Waals surface area contributed by atoms with E-state index in [1.807, 2.05) is 25.1 Å². The number of nitrogens with one attached hydrogen (secondary N) is 1. The van der Waals surface area contributed by atoms with Crippen molar-refractivity contribution in [1.29, 1.82) is 0 Å². The van der Waals surface area contributed by atoms with Crippen molar-refractivity contribution < 1.29 is 0 Å². The van der Waals surface area contributed by atoms with Crippen LogP contribution in [0.1, 0.15) is 29.2 Å². The van der Waals surface area contributed by atoms with Gasteiger partial charge in [-0.05, 0) is 55.7 Å². The Morgan fingerprint density at radius 2 is 1.71 bits per heavy atom. The average Bonchev–Trinajstić information content (AvgIpc) is 2.45. The molecular weight excluding hydrogens is 303 g/mol. The second-order valence-corrected chi connectivity index (χ2v) is 5.85. The summed E-state index contributed by atoms with van der Waals surface area (Å²) in [5.41, 5.74) is 8.47. The number of halogens is 2. The van der Waals surface area contributed by atoms with Crippen molar-refractivity contribution in [1.82, 2.24) is 5.43 Å². The maximum atomic E-state index is 6.13. The predicted octanol–water partition coefficient (Wildman–Crippen LogP) is 5.12. The van der Waals surface area contributed by atoms with Crippen LogP contribution < -0.4 is 5.43 Å². The summed E-state index contributed by atoms with van der Waals surface area (Å²) in [7, 11) is 0. The molecule has 4 heteroatoms. The van der Waals surface area contributed by atoms with E-state index in [9.17, 15) is 0 Å². The summed E-state index contributed by atoms with van der Waals surface area (Å²) in [4.78, 5) is 0. The Hall–Kier alpha value is -1.51. The lowest BCUT2D eigenvalue weighted by Crippen LogP contribution is -2.10. The summed E-state index contributed by atoms with van der Waals surface area (Å²) in [6.45, 7) is 6.68. The van der Waals surface area contributed by atoms with Crippen molar-refractivity contribution in [3.63, 3.8) is 0 Å². The highest BCUT2D eigenvalue weighted by atomic mass is 35.5. The first-order valence-electron chi connectivity index (χ1n) is 6.76. The van der Waals surface area contributed by atoms with E-state index >= 15 is 0 Å². The minimum absolute atomic E-state index is 0.501. The van der Waals surface area contributed by atoms with Gasteiger partial charge in [0.15, 0.2) is 0 Å². The van der Waals surface area contributed by atoms with Gasteiger partial charge in [0.2, 0.25) is 0 Å². The molecule has 0 saturated heterocycles. The first kappa shape index (κ1) is 15.9. The molecule has 0 aliphatic carbocycles. The zero-order valence-corrected chi connectivity index (χ0v) is 13.9. The fourth-order valence-corrected chi connectivity index (χ4v) is 2.50. The molecule has 2 aromatic carbocycles. The maximum absolute atomic E-state index is 6.13. The smallest absolute Gasteiger partial charge is 0.0644 e. The molecule has 21 heavy (non-hydrogen) atoms. The van der Waals surface area contributed by atoms with E-state index in [1.165, 1.54) is 11.1 Å². The van der Waals surface area contributed by atoms with Crippen LogP contribution in [0.15, 0.2) is 41.5 Å². The lowest BCUT2D eigenvalue weighted by molar-refractivity contribution is 0.744. The van der Waals surface area contributed by atoms with Crippen molar-refractivity contribution >= 4 is 28.9 Å². The van der Waals surface area contributed by atoms with Gasteiger partial charge in [0.05, 0.1) is 12.3 Å². The number of rotatable bonds is 4. The topological polar surface area (TPSA) is 24.4 Å². The highest BCUT2D eigenvalue weighted by Gasteiger charge is 2.04. The third-order valence-corrected chi connectivity index (χ3v) is 4.20. The van der Waals surface area contributed by atoms with Crippen LogP contribution in [0.2, 0.25) is 10.0 Å². The molecule has 0 atom stereocenters. The van der Waals surface area contributed by atoms with Crippen molar-refractivity contribution in [2.24, 2.45) is 5.10 Å². The molecule has 0 aliphatic rings. The fourth-order valence-electron chi connectivity index (χ4n) is 1.97. The zero-order chi connectivity index (χ0) is 15.4. The fraction of sp³-hybridized carbons (Fsp3) is 0.235. The van der Waals surface area contributed by atoms with Crippen LogP contribution >= 0.6 is 23.2 Å². The molecule has 0 heterocycles. The van der Waals surface area contributed by atoms with Gasteiger partial charge in [0.25, 0.3) is 0 Å². The Labute approximate surface area is 135 Å². The van der Waals surface area contributed by atoms with Crippen molar-refractivity contribution in [3.05, 3.63) is 68.7 Å². The van der Waals surface area contributed by atoms with Gasteiger partial charge in [-0.3, -0.25) is 0 Å². The second-order valence-electron chi connectivity index (χ2n) is 5.03. The predicted molar refractivity (Wildman–Crippen MR) is 91.4 cm³/mol. The molecule has 0 aromatic heterocycles. The van der Waals surface area contributed by atoms with Gasteiger partial charge in [0, 0.05) is 15.6 Å². The number of nitrogens with zero attached hydrogens (tertiary/aromatic N) is 1. The molecule has 0 radical (unpaired) electrons. The number of benzene rings is 2. The molecule has 1 N–H and O–H groups in total. The molecule has 0 saturated carbocycles. The van der Waals surface area contributed by atoms with E-state index in [2.05, 4.69) is 42.6 Å². The van der Waals surface area contributed by atoms with E-state index in [0.717, 1.165) is 16.8 Å². The molecule has 2 rings (SSSR count). The number of hydrogen-bond donors (Lipinski definition) is 1. The van der Waals surface area contributed by atoms with Crippen molar-refractivity contribution in [3.8, 4) is 0 Å². The molecule has 0 unspecified atom stereocenters. The van der Waals surface area contributed by atoms with E-state index in [4.69, 9.17) is 23.2 Å². The first-order chi connectivity index (χ1) is 9.99. The summed E-state index contributed by atoms with van der Waals surface area (Å²) in [6, 6.07) is 11.8. The molecule has 0 bridgehead atoms. The Morgan fingerprint density at radius 1 is 1.05 bits per heavy atom. The number of aryl methyl sites for hydroxylation is 2. The Kier molecular flexibility index (Phi) is 5.27. The minimum atomic E-state index is 0.501. The molecule has 0 amide bonds. The van der Waals surface area contributed by atoms with Gasteiger partial charge < -0.3 is 5.43 Å². The van der Waals surface area contributed by atoms with Gasteiger partial charge in [-0.15, -0.1) is 0 Å². The Bertz CT molecular complexity index is 658. The third kappa shape index (κ3) is 3.99. The molecule has 2 nitrogen and oxygen atoms in total. The first-order valence-corrected chi connectivity index (χ1v) is 7.52. The summed E-state index contributed by atoms with van der Waals surface area (Å²) in [5, 5.41) is 5.69. The molecular formula is C17H18Cl2N2. The van der Waals surface area contributed by atoms with Gasteiger partial charge >= 0.3 is 0 Å². The summed E-state index contributed by atoms with van der Waals surface area (Å²) in [6.07, 6.45) is 0. The van der Waals surface area contributed by atoms with E-state index < -0.39 is 0 Å². The molecule has 0 fully saturated rings. The highest BCUT2D eigenvalue weighted by molar-refractivity contribution is 6.35. The average molecular weight is 321 g/mol. The quantitative estimate of drug-likeness (QED) is 0.613. The van der Waals surface area contributed by atoms with Gasteiger partial charge in [-0.1, -0.05) is 41.4 Å². The molecule has 110 valence electrons. The molecule has 0 spiro atoms. The SMILES string of the molecule is C/C(=N/NCc1c(Cl)cccc1Cl)c1ccc(C)c(C)c1. The van der Waals surface area contributed by atoms with Gasteiger partial charge in [0.1, 0.15) is 0 Å². The van der Waals surface area contributed by atoms with Crippen LogP contribution in [-0.4, -0.2) is 5.71 Å². The van der Waals surface area contributed by atoms with Gasteiger partial charge in [-0.25, -0.2) is 0 Å². The van der Waals surface area contributed by atoms with Crippen LogP contribution in [-0.2, 0) is 6.54 Å². The van der Waals surface area contributed by atoms with Crippen molar-refractivity contribution in [2.45, 2.75) is 27.3 Å². The monoisotopic (exact) mass is 320 g/mol. The molecule has 0 aliphatic heterocycles. The Morgan fingerprint density at radius 3 is 2.33 bits per heavy atom. The second kappa shape index (κ2) is 6.97. The number of hydrogen-bond acceptors (Lipinski definition) is 2. The van der Waals surface area contributed by atoms with Crippen LogP contribution in [0.3, 0.4) is 0 Å². The van der Waals surface area contributed by atoms with Crippen LogP contribution in [0, 0.1) is 13.8 Å². The lowest BCUT2D eigenvalue weighted by atomic mass is 10.0. The summed E-state index contributed by atoms with van der Waals surface area (Å²) >= 11 is 12.3. The molecule has 2 aromatic rings. The Balaban J connectivity index is 2.08. The van der Waals surface area contributed by atoms with Gasteiger partial charge in [-0.2, -0.15) is 5.10 Å². The van der Waals surface area contributed by atoms with E-state index in [1.54, 1.807) is 0 Å². The maximum Gasteiger partial charge on any atom is 0.0644 e. The summed E-state index contributed by atoms with van der Waals surface area (Å²) < 4.78 is 0. The normalized spacial score (nSPS) is 11.6. The lowest BCUT2D eigenvalue weighted by Gasteiger charge is -2.08. The largest absolute Gasteiger partial charge is 0.305 e. The zero-order valence-electron chi connectivity index (χ0n) is 12.4. The van der Waals surface area contributed by atoms with Crippen LogP contribution in [0.25, 0.3) is 0 Å². The van der Waals surface area contributed by atoms with Crippen LogP contribution in [0.5, 0.6) is 0 Å². The standard InChI is InChI=1S/C17H18Cl2N2/c1-11-7-8-14(9-12(11)2)13(3)21-20-10-15-16(18)5-4-6-17(15)19/h4-9,20H,10H2,1-3H3/b21-13-. The minimum Gasteiger partial charge on any atom is -0.305 e. The number of hydrazone groups is 1. The third-order valence-electron chi connectivity index (χ3n) is 3.49. The van der Waals surface area contributed by atoms with Crippen molar-refractivity contribution in [2.75, 3.05) is 0 Å². The van der Waals surface area contributed by atoms with Crippen LogP contribution in [0.4, 0.5) is 0 Å². The van der Waals surface area contributed by atoms with E-state index in [0.29, 0.717) is 16.6 Å². The highest BCUT2D eigenvalue weighted by Crippen LogP contribution is 2.23. The van der Waals surface area contributed by atoms with E-state index in [-0.39, 0.29) is 0 Å². The summed E-state index contributed by atoms with van der Waals surface area (Å²) in [5.74, 6) is 0.